The molecule has 1 atom stereocenters. The van der Waals surface area contributed by atoms with E-state index in [9.17, 15) is 9.59 Å². The fourth-order valence-corrected chi connectivity index (χ4v) is 1.93. The van der Waals surface area contributed by atoms with Crippen molar-refractivity contribution in [2.75, 3.05) is 13.6 Å². The summed E-state index contributed by atoms with van der Waals surface area (Å²) in [6, 6.07) is 6.58. The Morgan fingerprint density at radius 2 is 2.00 bits per heavy atom. The Balaban J connectivity index is 2.71. The first-order valence-corrected chi connectivity index (χ1v) is 6.57. The number of hydrogen-bond acceptors (Lipinski definition) is 2. The number of rotatable bonds is 4. The molecule has 0 aromatic heterocycles. The molecule has 0 aliphatic heterocycles. The van der Waals surface area contributed by atoms with Crippen LogP contribution in [0, 0.1) is 0 Å². The van der Waals surface area contributed by atoms with Gasteiger partial charge < -0.3 is 10.2 Å². The highest BCUT2D eigenvalue weighted by Gasteiger charge is 2.19. The second-order valence-corrected chi connectivity index (χ2v) is 4.88. The van der Waals surface area contributed by atoms with Crippen molar-refractivity contribution < 1.29 is 9.59 Å². The molecule has 1 aromatic carbocycles. The van der Waals surface area contributed by atoms with Crippen LogP contribution in [-0.4, -0.2) is 36.3 Å². The number of nitrogens with one attached hydrogen (secondary N) is 1. The molecule has 0 fully saturated rings. The Bertz CT molecular complexity index is 448. The third-order valence-electron chi connectivity index (χ3n) is 2.69. The molecule has 0 bridgehead atoms. The first-order valence-electron chi connectivity index (χ1n) is 5.77. The van der Waals surface area contributed by atoms with Gasteiger partial charge in [-0.3, -0.25) is 9.59 Å². The summed E-state index contributed by atoms with van der Waals surface area (Å²) in [6.45, 7) is 4.19. The highest BCUT2D eigenvalue weighted by Crippen LogP contribution is 2.15. The Morgan fingerprint density at radius 3 is 2.56 bits per heavy atom. The predicted octanol–water partition coefficient (Wildman–Crippen LogP) is 2.05. The molecule has 98 valence electrons. The molecule has 0 aliphatic carbocycles. The van der Waals surface area contributed by atoms with Crippen LogP contribution in [0.25, 0.3) is 0 Å². The van der Waals surface area contributed by atoms with E-state index in [0.717, 1.165) is 0 Å². The number of hydrogen-bond donors (Lipinski definition) is 1. The van der Waals surface area contributed by atoms with Crippen LogP contribution in [0.1, 0.15) is 24.2 Å². The third-order valence-corrected chi connectivity index (χ3v) is 3.38. The summed E-state index contributed by atoms with van der Waals surface area (Å²) < 4.78 is 0.714. The summed E-state index contributed by atoms with van der Waals surface area (Å²) in [5.74, 6) is -0.356. The second-order valence-electron chi connectivity index (χ2n) is 4.03. The summed E-state index contributed by atoms with van der Waals surface area (Å²) in [4.78, 5) is 25.4. The van der Waals surface area contributed by atoms with Gasteiger partial charge in [0.15, 0.2) is 0 Å². The van der Waals surface area contributed by atoms with Crippen LogP contribution in [0.4, 0.5) is 0 Å². The van der Waals surface area contributed by atoms with E-state index in [0.29, 0.717) is 16.6 Å². The summed E-state index contributed by atoms with van der Waals surface area (Å²) in [7, 11) is 1.71. The first-order chi connectivity index (χ1) is 8.47. The lowest BCUT2D eigenvalue weighted by atomic mass is 10.2. The number of amides is 2. The second kappa shape index (κ2) is 6.54. The number of carbonyl (C=O) groups is 2. The molecule has 0 heterocycles. The number of benzene rings is 1. The summed E-state index contributed by atoms with van der Waals surface area (Å²) in [5.41, 5.74) is 0.524. The predicted molar refractivity (Wildman–Crippen MR) is 74.4 cm³/mol. The highest BCUT2D eigenvalue weighted by molar-refractivity contribution is 9.10. The van der Waals surface area contributed by atoms with Gasteiger partial charge in [-0.1, -0.05) is 12.1 Å². The van der Waals surface area contributed by atoms with E-state index < -0.39 is 6.04 Å². The lowest BCUT2D eigenvalue weighted by Gasteiger charge is -2.20. The van der Waals surface area contributed by atoms with Crippen LogP contribution >= 0.6 is 15.9 Å². The lowest BCUT2D eigenvalue weighted by molar-refractivity contribution is -0.131. The minimum absolute atomic E-state index is 0.0992. The van der Waals surface area contributed by atoms with Crippen molar-refractivity contribution in [2.24, 2.45) is 0 Å². The van der Waals surface area contributed by atoms with Crippen molar-refractivity contribution in [3.8, 4) is 0 Å². The number of likely N-dealkylation sites (N-methyl/N-ethyl adjacent to an activating group) is 1. The monoisotopic (exact) mass is 312 g/mol. The number of carbonyl (C=O) groups excluding carboxylic acids is 2. The van der Waals surface area contributed by atoms with Gasteiger partial charge in [0.2, 0.25) is 5.91 Å². The average Bonchev–Trinajstić information content (AvgIpc) is 2.37. The lowest BCUT2D eigenvalue weighted by Crippen LogP contribution is -2.45. The van der Waals surface area contributed by atoms with Gasteiger partial charge in [-0.25, -0.2) is 0 Å². The van der Waals surface area contributed by atoms with Crippen molar-refractivity contribution in [3.63, 3.8) is 0 Å². The van der Waals surface area contributed by atoms with E-state index in [1.165, 1.54) is 0 Å². The van der Waals surface area contributed by atoms with Crippen LogP contribution in [0.15, 0.2) is 28.7 Å². The van der Waals surface area contributed by atoms with Gasteiger partial charge in [-0.2, -0.15) is 0 Å². The maximum absolute atomic E-state index is 12.0. The van der Waals surface area contributed by atoms with Crippen molar-refractivity contribution in [1.29, 1.82) is 0 Å². The van der Waals surface area contributed by atoms with E-state index in [4.69, 9.17) is 0 Å². The molecule has 5 heteroatoms. The molecular weight excluding hydrogens is 296 g/mol. The normalized spacial score (nSPS) is 11.8. The molecule has 4 nitrogen and oxygen atoms in total. The summed E-state index contributed by atoms with van der Waals surface area (Å²) >= 11 is 3.31. The van der Waals surface area contributed by atoms with Gasteiger partial charge in [-0.05, 0) is 41.9 Å². The molecule has 18 heavy (non-hydrogen) atoms. The quantitative estimate of drug-likeness (QED) is 0.925. The van der Waals surface area contributed by atoms with E-state index in [1.807, 2.05) is 13.0 Å². The molecule has 0 aliphatic rings. The van der Waals surface area contributed by atoms with Gasteiger partial charge in [-0.15, -0.1) is 0 Å². The minimum atomic E-state index is -0.533. The molecule has 0 radical (unpaired) electrons. The van der Waals surface area contributed by atoms with Gasteiger partial charge in [0.25, 0.3) is 5.91 Å². The minimum Gasteiger partial charge on any atom is -0.344 e. The molecule has 2 amide bonds. The smallest absolute Gasteiger partial charge is 0.253 e. The molecular formula is C13H17BrN2O2. The zero-order valence-corrected chi connectivity index (χ0v) is 12.3. The third kappa shape index (κ3) is 3.57. The molecule has 1 aromatic rings. The molecule has 0 saturated carbocycles. The Morgan fingerprint density at radius 1 is 1.39 bits per heavy atom. The van der Waals surface area contributed by atoms with E-state index in [1.54, 1.807) is 37.1 Å². The zero-order chi connectivity index (χ0) is 13.7. The molecule has 1 unspecified atom stereocenters. The SMILES string of the molecule is CCN(C)C(=O)C(C)NC(=O)c1ccccc1Br. The number of nitrogens with zero attached hydrogens (tertiary/aromatic N) is 1. The van der Waals surface area contributed by atoms with Gasteiger partial charge in [0.05, 0.1) is 5.56 Å². The van der Waals surface area contributed by atoms with Crippen LogP contribution in [-0.2, 0) is 4.79 Å². The largest absolute Gasteiger partial charge is 0.344 e. The maximum Gasteiger partial charge on any atom is 0.253 e. The Labute approximate surface area is 115 Å². The fourth-order valence-electron chi connectivity index (χ4n) is 1.47. The average molecular weight is 313 g/mol. The van der Waals surface area contributed by atoms with Gasteiger partial charge in [0, 0.05) is 18.1 Å². The van der Waals surface area contributed by atoms with Crippen molar-refractivity contribution in [1.82, 2.24) is 10.2 Å². The summed E-state index contributed by atoms with van der Waals surface area (Å²) in [6.07, 6.45) is 0. The zero-order valence-electron chi connectivity index (χ0n) is 10.7. The summed E-state index contributed by atoms with van der Waals surface area (Å²) in [5, 5.41) is 2.69. The van der Waals surface area contributed by atoms with E-state index >= 15 is 0 Å². The standard InChI is InChI=1S/C13H17BrN2O2/c1-4-16(3)13(18)9(2)15-12(17)10-7-5-6-8-11(10)14/h5-9H,4H2,1-3H3,(H,15,17). The highest BCUT2D eigenvalue weighted by atomic mass is 79.9. The van der Waals surface area contributed by atoms with E-state index in [2.05, 4.69) is 21.2 Å². The topological polar surface area (TPSA) is 49.4 Å². The van der Waals surface area contributed by atoms with Crippen LogP contribution in [0.5, 0.6) is 0 Å². The van der Waals surface area contributed by atoms with Gasteiger partial charge >= 0.3 is 0 Å². The van der Waals surface area contributed by atoms with E-state index in [-0.39, 0.29) is 11.8 Å². The van der Waals surface area contributed by atoms with Crippen molar-refractivity contribution in [2.45, 2.75) is 19.9 Å². The Kier molecular flexibility index (Phi) is 5.34. The maximum atomic E-state index is 12.0. The molecule has 0 saturated heterocycles. The number of halogens is 1. The van der Waals surface area contributed by atoms with Crippen molar-refractivity contribution in [3.05, 3.63) is 34.3 Å². The van der Waals surface area contributed by atoms with Crippen molar-refractivity contribution >= 4 is 27.7 Å². The van der Waals surface area contributed by atoms with Crippen LogP contribution < -0.4 is 5.32 Å². The Hall–Kier alpha value is -1.36. The molecule has 1 rings (SSSR count). The fraction of sp³-hybridized carbons (Fsp3) is 0.385. The van der Waals surface area contributed by atoms with Crippen LogP contribution in [0.2, 0.25) is 0 Å². The van der Waals surface area contributed by atoms with Gasteiger partial charge in [0.1, 0.15) is 6.04 Å². The first kappa shape index (κ1) is 14.7. The molecule has 0 spiro atoms. The van der Waals surface area contributed by atoms with Crippen LogP contribution in [0.3, 0.4) is 0 Å². The molecule has 1 N–H and O–H groups in total.